The molecular weight excluding hydrogens is 394 g/mol. The Morgan fingerprint density at radius 2 is 1.71 bits per heavy atom. The van der Waals surface area contributed by atoms with Gasteiger partial charge in [-0.1, -0.05) is 55.5 Å². The van der Waals surface area contributed by atoms with Gasteiger partial charge in [-0.05, 0) is 37.5 Å². The Bertz CT molecular complexity index is 1070. The minimum atomic E-state index is -0.969. The van der Waals surface area contributed by atoms with Gasteiger partial charge in [0.1, 0.15) is 0 Å². The maximum absolute atomic E-state index is 13.0. The number of Topliss-reactive ketones (excluding diaryl/α,β-unsaturated/α-hetero) is 1. The lowest BCUT2D eigenvalue weighted by Crippen LogP contribution is -2.32. The Kier molecular flexibility index (Phi) is 5.55. The number of nitrogens with zero attached hydrogens (tertiary/aromatic N) is 1. The van der Waals surface area contributed by atoms with Gasteiger partial charge < -0.3 is 4.74 Å². The summed E-state index contributed by atoms with van der Waals surface area (Å²) in [6, 6.07) is 14.8. The zero-order chi connectivity index (χ0) is 22.1. The number of hydrogen-bond acceptors (Lipinski definition) is 5. The minimum Gasteiger partial charge on any atom is -0.451 e. The fourth-order valence-corrected chi connectivity index (χ4v) is 4.29. The van der Waals surface area contributed by atoms with Gasteiger partial charge >= 0.3 is 5.97 Å². The molecule has 6 heteroatoms. The number of esters is 1. The maximum Gasteiger partial charge on any atom is 0.338 e. The Hall–Kier alpha value is -3.54. The number of fused-ring (bicyclic) bond motifs is 1. The first-order valence-corrected chi connectivity index (χ1v) is 10.3. The fraction of sp³-hybridized carbons (Fsp3) is 0.280. The van der Waals surface area contributed by atoms with E-state index in [1.807, 2.05) is 19.1 Å². The van der Waals surface area contributed by atoms with Crippen LogP contribution in [-0.4, -0.2) is 29.7 Å². The number of ether oxygens (including phenoxy) is 1. The third-order valence-corrected chi connectivity index (χ3v) is 5.92. The number of allylic oxidation sites excluding steroid dienone is 2. The highest BCUT2D eigenvalue weighted by Crippen LogP contribution is 2.40. The van der Waals surface area contributed by atoms with Crippen LogP contribution in [0, 0.1) is 17.8 Å². The second-order valence-electron chi connectivity index (χ2n) is 8.00. The standard InChI is InChI=1S/C25H23NO5/c1-15-8-6-13-20-21(15)24(29)26(23(20)28)19-12-7-11-18(14-19)25(30)31-16(2)22(27)17-9-4-3-5-10-17/h3-12,14-16,20-21H,13H2,1-2H3/t15-,16-,20+,21-/m0/s1. The Morgan fingerprint density at radius 1 is 1.00 bits per heavy atom. The third kappa shape index (κ3) is 3.81. The summed E-state index contributed by atoms with van der Waals surface area (Å²) in [6.45, 7) is 3.45. The van der Waals surface area contributed by atoms with Crippen LogP contribution >= 0.6 is 0 Å². The highest BCUT2D eigenvalue weighted by Gasteiger charge is 2.50. The van der Waals surface area contributed by atoms with Crippen molar-refractivity contribution in [2.24, 2.45) is 17.8 Å². The van der Waals surface area contributed by atoms with Crippen molar-refractivity contribution in [2.45, 2.75) is 26.4 Å². The van der Waals surface area contributed by atoms with Crippen LogP contribution in [0.25, 0.3) is 0 Å². The molecule has 4 atom stereocenters. The second kappa shape index (κ2) is 8.30. The van der Waals surface area contributed by atoms with E-state index in [0.29, 0.717) is 17.7 Å². The number of carbonyl (C=O) groups excluding carboxylic acids is 4. The van der Waals surface area contributed by atoms with Crippen LogP contribution in [-0.2, 0) is 14.3 Å². The van der Waals surface area contributed by atoms with Gasteiger partial charge in [-0.2, -0.15) is 0 Å². The van der Waals surface area contributed by atoms with Gasteiger partial charge in [0, 0.05) is 5.56 Å². The van der Waals surface area contributed by atoms with Crippen molar-refractivity contribution in [3.63, 3.8) is 0 Å². The van der Waals surface area contributed by atoms with Gasteiger partial charge in [-0.15, -0.1) is 0 Å². The SMILES string of the molecule is C[C@H](OC(=O)c1cccc(N2C(=O)[C@H]3[C@@H](C)C=CC[C@H]3C2=O)c1)C(=O)c1ccccc1. The summed E-state index contributed by atoms with van der Waals surface area (Å²) in [7, 11) is 0. The number of rotatable bonds is 5. The molecule has 0 N–H and O–H groups in total. The summed E-state index contributed by atoms with van der Waals surface area (Å²) in [6.07, 6.45) is 3.48. The molecule has 1 aliphatic carbocycles. The van der Waals surface area contributed by atoms with Gasteiger partial charge in [0.25, 0.3) is 0 Å². The first-order chi connectivity index (χ1) is 14.9. The molecule has 1 fully saturated rings. The molecule has 0 aromatic heterocycles. The fourth-order valence-electron chi connectivity index (χ4n) is 4.29. The molecule has 4 rings (SSSR count). The van der Waals surface area contributed by atoms with Gasteiger partial charge in [-0.25, -0.2) is 4.79 Å². The van der Waals surface area contributed by atoms with E-state index in [1.165, 1.54) is 24.0 Å². The molecule has 2 amide bonds. The predicted molar refractivity (Wildman–Crippen MR) is 114 cm³/mol. The van der Waals surface area contributed by atoms with Gasteiger partial charge in [-0.3, -0.25) is 19.3 Å². The molecule has 158 valence electrons. The van der Waals surface area contributed by atoms with E-state index >= 15 is 0 Å². The average Bonchev–Trinajstić information content (AvgIpc) is 3.04. The highest BCUT2D eigenvalue weighted by molar-refractivity contribution is 6.22. The van der Waals surface area contributed by atoms with Crippen LogP contribution in [0.2, 0.25) is 0 Å². The molecule has 1 aliphatic heterocycles. The monoisotopic (exact) mass is 417 g/mol. The molecule has 0 radical (unpaired) electrons. The van der Waals surface area contributed by atoms with Gasteiger partial charge in [0.05, 0.1) is 23.1 Å². The van der Waals surface area contributed by atoms with Gasteiger partial charge in [0.2, 0.25) is 17.6 Å². The number of imide groups is 1. The molecule has 0 spiro atoms. The molecule has 1 saturated heterocycles. The summed E-state index contributed by atoms with van der Waals surface area (Å²) in [5.41, 5.74) is 0.968. The van der Waals surface area contributed by atoms with E-state index in [2.05, 4.69) is 0 Å². The van der Waals surface area contributed by atoms with E-state index in [0.717, 1.165) is 0 Å². The number of hydrogen-bond donors (Lipinski definition) is 0. The highest BCUT2D eigenvalue weighted by atomic mass is 16.5. The van der Waals surface area contributed by atoms with Crippen LogP contribution < -0.4 is 4.90 Å². The molecule has 2 aromatic rings. The summed E-state index contributed by atoms with van der Waals surface area (Å²) in [5, 5.41) is 0. The lowest BCUT2D eigenvalue weighted by Gasteiger charge is -2.22. The normalized spacial score (nSPS) is 23.4. The Morgan fingerprint density at radius 3 is 2.42 bits per heavy atom. The lowest BCUT2D eigenvalue weighted by atomic mass is 9.78. The summed E-state index contributed by atoms with van der Waals surface area (Å²) >= 11 is 0. The van der Waals surface area contributed by atoms with E-state index in [-0.39, 0.29) is 40.9 Å². The van der Waals surface area contributed by atoms with E-state index in [9.17, 15) is 19.2 Å². The molecule has 0 bridgehead atoms. The number of carbonyl (C=O) groups is 4. The number of anilines is 1. The Balaban J connectivity index is 1.52. The van der Waals surface area contributed by atoms with Crippen molar-refractivity contribution < 1.29 is 23.9 Å². The predicted octanol–water partition coefficient (Wildman–Crippen LogP) is 3.82. The molecule has 2 aliphatic rings. The van der Waals surface area contributed by atoms with Crippen molar-refractivity contribution in [1.29, 1.82) is 0 Å². The number of ketones is 1. The summed E-state index contributed by atoms with van der Waals surface area (Å²) in [5.74, 6) is -2.25. The Labute approximate surface area is 180 Å². The minimum absolute atomic E-state index is 0.0156. The van der Waals surface area contributed by atoms with Gasteiger partial charge in [0.15, 0.2) is 6.10 Å². The largest absolute Gasteiger partial charge is 0.451 e. The van der Waals surface area contributed by atoms with Crippen molar-refractivity contribution >= 4 is 29.3 Å². The van der Waals surface area contributed by atoms with Crippen molar-refractivity contribution in [1.82, 2.24) is 0 Å². The van der Waals surface area contributed by atoms with E-state index < -0.39 is 12.1 Å². The zero-order valence-corrected chi connectivity index (χ0v) is 17.4. The quantitative estimate of drug-likeness (QED) is 0.320. The number of amides is 2. The first kappa shape index (κ1) is 20.7. The van der Waals surface area contributed by atoms with Crippen molar-refractivity contribution in [2.75, 3.05) is 4.90 Å². The maximum atomic E-state index is 13.0. The molecule has 0 saturated carbocycles. The van der Waals surface area contributed by atoms with Crippen LogP contribution in [0.4, 0.5) is 5.69 Å². The molecular formula is C25H23NO5. The topological polar surface area (TPSA) is 80.8 Å². The lowest BCUT2D eigenvalue weighted by molar-refractivity contribution is -0.122. The van der Waals surface area contributed by atoms with E-state index in [4.69, 9.17) is 4.74 Å². The molecule has 2 aromatic carbocycles. The van der Waals surface area contributed by atoms with E-state index in [1.54, 1.807) is 42.5 Å². The molecule has 0 unspecified atom stereocenters. The smallest absolute Gasteiger partial charge is 0.338 e. The average molecular weight is 417 g/mol. The summed E-state index contributed by atoms with van der Waals surface area (Å²) < 4.78 is 5.35. The molecule has 6 nitrogen and oxygen atoms in total. The van der Waals surface area contributed by atoms with Crippen LogP contribution in [0.5, 0.6) is 0 Å². The third-order valence-electron chi connectivity index (χ3n) is 5.92. The zero-order valence-electron chi connectivity index (χ0n) is 17.4. The van der Waals surface area contributed by atoms with Crippen LogP contribution in [0.15, 0.2) is 66.7 Å². The number of benzene rings is 2. The summed E-state index contributed by atoms with van der Waals surface area (Å²) in [4.78, 5) is 52.2. The van der Waals surface area contributed by atoms with Crippen molar-refractivity contribution in [3.8, 4) is 0 Å². The molecule has 31 heavy (non-hydrogen) atoms. The van der Waals surface area contributed by atoms with Crippen LogP contribution in [0.1, 0.15) is 41.0 Å². The second-order valence-corrected chi connectivity index (χ2v) is 8.00. The van der Waals surface area contributed by atoms with Crippen molar-refractivity contribution in [3.05, 3.63) is 77.9 Å². The first-order valence-electron chi connectivity index (χ1n) is 10.3. The molecule has 1 heterocycles. The van der Waals surface area contributed by atoms with Crippen LogP contribution in [0.3, 0.4) is 0 Å².